The van der Waals surface area contributed by atoms with Crippen molar-refractivity contribution in [3.63, 3.8) is 0 Å². The van der Waals surface area contributed by atoms with Crippen LogP contribution < -0.4 is 0 Å². The molecular formula is C7H16O3S. The second-order valence-corrected chi connectivity index (χ2v) is 4.14. The zero-order valence-electron chi connectivity index (χ0n) is 6.99. The largest absolute Gasteiger partial charge is 0.390 e. The first kappa shape index (κ1) is 11.1. The highest BCUT2D eigenvalue weighted by Gasteiger charge is 2.15. The summed E-state index contributed by atoms with van der Waals surface area (Å²) in [4.78, 5) is 0. The molecule has 4 heteroatoms. The Bertz CT molecular complexity index is 127. The summed E-state index contributed by atoms with van der Waals surface area (Å²) in [6.45, 7) is 1.93. The standard InChI is InChI=1S/C7H16O3S/c1-3-4-6(8)7(9)5-11(2)10/h6-9H,3-5H2,1-2H3/t6-,7+,11-/m1/s1. The molecule has 0 aromatic heterocycles. The van der Waals surface area contributed by atoms with Crippen molar-refractivity contribution in [3.8, 4) is 0 Å². The Balaban J connectivity index is 3.63. The van der Waals surface area contributed by atoms with E-state index >= 15 is 0 Å². The van der Waals surface area contributed by atoms with E-state index in [-0.39, 0.29) is 5.75 Å². The van der Waals surface area contributed by atoms with Crippen LogP contribution in [0.2, 0.25) is 0 Å². The Hall–Kier alpha value is 0.0700. The average Bonchev–Trinajstić information content (AvgIpc) is 1.86. The van der Waals surface area contributed by atoms with E-state index in [9.17, 15) is 14.4 Å². The molecule has 0 aromatic rings. The molecule has 0 aliphatic heterocycles. The monoisotopic (exact) mass is 180 g/mol. The predicted octanol–water partition coefficient (Wildman–Crippen LogP) is -0.113. The van der Waals surface area contributed by atoms with Gasteiger partial charge in [0.2, 0.25) is 0 Å². The van der Waals surface area contributed by atoms with Crippen molar-refractivity contribution in [2.45, 2.75) is 32.0 Å². The van der Waals surface area contributed by atoms with E-state index in [0.717, 1.165) is 6.42 Å². The maximum atomic E-state index is 10.6. The van der Waals surface area contributed by atoms with Gasteiger partial charge < -0.3 is 10.2 Å². The van der Waals surface area contributed by atoms with Gasteiger partial charge in [0.05, 0.1) is 18.0 Å². The van der Waals surface area contributed by atoms with Gasteiger partial charge in [0.15, 0.2) is 0 Å². The third-order valence-electron chi connectivity index (χ3n) is 1.43. The van der Waals surface area contributed by atoms with Gasteiger partial charge in [0.1, 0.15) is 0 Å². The molecule has 0 rings (SSSR count). The van der Waals surface area contributed by atoms with E-state index in [0.29, 0.717) is 6.42 Å². The van der Waals surface area contributed by atoms with E-state index in [1.54, 1.807) is 0 Å². The summed E-state index contributed by atoms with van der Waals surface area (Å²) in [5, 5.41) is 18.4. The second kappa shape index (κ2) is 5.69. The topological polar surface area (TPSA) is 57.5 Å². The predicted molar refractivity (Wildman–Crippen MR) is 45.9 cm³/mol. The van der Waals surface area contributed by atoms with Crippen LogP contribution in [0.3, 0.4) is 0 Å². The number of hydrogen-bond donors (Lipinski definition) is 2. The normalized spacial score (nSPS) is 19.3. The van der Waals surface area contributed by atoms with Gasteiger partial charge in [-0.3, -0.25) is 4.21 Å². The Morgan fingerprint density at radius 3 is 2.27 bits per heavy atom. The van der Waals surface area contributed by atoms with Gasteiger partial charge in [-0.2, -0.15) is 0 Å². The summed E-state index contributed by atoms with van der Waals surface area (Å²) in [7, 11) is -1.03. The molecule has 0 radical (unpaired) electrons. The lowest BCUT2D eigenvalue weighted by molar-refractivity contribution is 0.0283. The quantitative estimate of drug-likeness (QED) is 0.620. The lowest BCUT2D eigenvalue weighted by Gasteiger charge is -2.15. The maximum Gasteiger partial charge on any atom is 0.0913 e. The van der Waals surface area contributed by atoms with Gasteiger partial charge >= 0.3 is 0 Å². The highest BCUT2D eigenvalue weighted by atomic mass is 32.2. The molecule has 0 heterocycles. The zero-order valence-corrected chi connectivity index (χ0v) is 7.80. The summed E-state index contributed by atoms with van der Waals surface area (Å²) in [5.74, 6) is 0.168. The molecule has 3 nitrogen and oxygen atoms in total. The molecule has 0 bridgehead atoms. The van der Waals surface area contributed by atoms with Crippen molar-refractivity contribution in [1.82, 2.24) is 0 Å². The number of aliphatic hydroxyl groups is 2. The van der Waals surface area contributed by atoms with Crippen LogP contribution in [-0.4, -0.2) is 38.6 Å². The van der Waals surface area contributed by atoms with Crippen LogP contribution >= 0.6 is 0 Å². The summed E-state index contributed by atoms with van der Waals surface area (Å²) < 4.78 is 10.6. The molecule has 11 heavy (non-hydrogen) atoms. The van der Waals surface area contributed by atoms with E-state index in [1.807, 2.05) is 6.92 Å². The summed E-state index contributed by atoms with van der Waals surface area (Å²) in [6, 6.07) is 0. The summed E-state index contributed by atoms with van der Waals surface area (Å²) >= 11 is 0. The van der Waals surface area contributed by atoms with Crippen molar-refractivity contribution in [3.05, 3.63) is 0 Å². The van der Waals surface area contributed by atoms with Crippen LogP contribution in [0.4, 0.5) is 0 Å². The Morgan fingerprint density at radius 1 is 1.36 bits per heavy atom. The Kier molecular flexibility index (Phi) is 5.72. The maximum absolute atomic E-state index is 10.6. The Labute approximate surface area is 69.9 Å². The Morgan fingerprint density at radius 2 is 1.91 bits per heavy atom. The number of rotatable bonds is 5. The summed E-state index contributed by atoms with van der Waals surface area (Å²) in [6.07, 6.45) is 1.36. The van der Waals surface area contributed by atoms with E-state index in [2.05, 4.69) is 0 Å². The van der Waals surface area contributed by atoms with Gasteiger partial charge in [-0.05, 0) is 6.42 Å². The molecule has 0 aliphatic rings. The smallest absolute Gasteiger partial charge is 0.0913 e. The highest BCUT2D eigenvalue weighted by Crippen LogP contribution is 2.02. The van der Waals surface area contributed by atoms with Gasteiger partial charge in [0.25, 0.3) is 0 Å². The number of hydrogen-bond acceptors (Lipinski definition) is 3. The van der Waals surface area contributed by atoms with Crippen LogP contribution in [0.1, 0.15) is 19.8 Å². The van der Waals surface area contributed by atoms with Crippen LogP contribution in [0.25, 0.3) is 0 Å². The van der Waals surface area contributed by atoms with Gasteiger partial charge in [-0.25, -0.2) is 0 Å². The fourth-order valence-electron chi connectivity index (χ4n) is 0.840. The first-order chi connectivity index (χ1) is 5.07. The van der Waals surface area contributed by atoms with Crippen molar-refractivity contribution in [2.24, 2.45) is 0 Å². The molecule has 2 N–H and O–H groups in total. The molecule has 0 unspecified atom stereocenters. The van der Waals surface area contributed by atoms with Gasteiger partial charge in [0, 0.05) is 17.1 Å². The molecule has 68 valence electrons. The SMILES string of the molecule is CCC[C@@H](O)[C@@H](O)C[S@@](C)=O. The molecule has 0 saturated heterocycles. The molecular weight excluding hydrogens is 164 g/mol. The van der Waals surface area contributed by atoms with Crippen LogP contribution in [0, 0.1) is 0 Å². The van der Waals surface area contributed by atoms with E-state index in [4.69, 9.17) is 0 Å². The van der Waals surface area contributed by atoms with E-state index < -0.39 is 23.0 Å². The van der Waals surface area contributed by atoms with Gasteiger partial charge in [-0.1, -0.05) is 13.3 Å². The zero-order chi connectivity index (χ0) is 8.85. The molecule has 3 atom stereocenters. The molecule has 0 spiro atoms. The van der Waals surface area contributed by atoms with Crippen molar-refractivity contribution < 1.29 is 14.4 Å². The molecule has 0 amide bonds. The third-order valence-corrected chi connectivity index (χ3v) is 2.24. The van der Waals surface area contributed by atoms with Crippen molar-refractivity contribution >= 4 is 10.8 Å². The van der Waals surface area contributed by atoms with Crippen LogP contribution in [-0.2, 0) is 10.8 Å². The minimum atomic E-state index is -1.03. The third kappa shape index (κ3) is 5.35. The van der Waals surface area contributed by atoms with Crippen LogP contribution in [0.5, 0.6) is 0 Å². The molecule has 0 aliphatic carbocycles. The minimum absolute atomic E-state index is 0.168. The van der Waals surface area contributed by atoms with Crippen molar-refractivity contribution in [1.29, 1.82) is 0 Å². The lowest BCUT2D eigenvalue weighted by Crippen LogP contribution is -2.30. The average molecular weight is 180 g/mol. The lowest BCUT2D eigenvalue weighted by atomic mass is 10.1. The first-order valence-corrected chi connectivity index (χ1v) is 5.46. The molecule has 0 fully saturated rings. The highest BCUT2D eigenvalue weighted by molar-refractivity contribution is 7.84. The molecule has 0 aromatic carbocycles. The number of aliphatic hydroxyl groups excluding tert-OH is 2. The summed E-state index contributed by atoms with van der Waals surface area (Å²) in [5.41, 5.74) is 0. The van der Waals surface area contributed by atoms with Crippen molar-refractivity contribution in [2.75, 3.05) is 12.0 Å². The van der Waals surface area contributed by atoms with Crippen LogP contribution in [0.15, 0.2) is 0 Å². The van der Waals surface area contributed by atoms with E-state index in [1.165, 1.54) is 6.26 Å². The molecule has 0 saturated carbocycles. The van der Waals surface area contributed by atoms with Gasteiger partial charge in [-0.15, -0.1) is 0 Å². The second-order valence-electron chi connectivity index (χ2n) is 2.66. The first-order valence-electron chi connectivity index (χ1n) is 3.74. The fourth-order valence-corrected chi connectivity index (χ4v) is 1.54. The fraction of sp³-hybridized carbons (Fsp3) is 1.00. The minimum Gasteiger partial charge on any atom is -0.390 e.